The zero-order valence-electron chi connectivity index (χ0n) is 20.2. The fraction of sp³-hybridized carbons (Fsp3) is 0.103. The van der Waals surface area contributed by atoms with Crippen molar-refractivity contribution in [3.05, 3.63) is 123 Å². The number of carbonyl (C=O) groups is 3. The highest BCUT2D eigenvalue weighted by atomic mass is 16.6. The first-order valence-electron chi connectivity index (χ1n) is 12.0. The summed E-state index contributed by atoms with van der Waals surface area (Å²) in [5, 5.41) is 15.1. The molecule has 0 saturated carbocycles. The lowest BCUT2D eigenvalue weighted by Crippen LogP contribution is -2.31. The number of amides is 2. The molecule has 0 unspecified atom stereocenters. The summed E-state index contributed by atoms with van der Waals surface area (Å²) in [5.41, 5.74) is 1.98. The van der Waals surface area contributed by atoms with Crippen molar-refractivity contribution in [2.45, 2.75) is 6.42 Å². The fourth-order valence-corrected chi connectivity index (χ4v) is 4.53. The van der Waals surface area contributed by atoms with Crippen molar-refractivity contribution < 1.29 is 19.3 Å². The number of imide groups is 1. The van der Waals surface area contributed by atoms with E-state index in [4.69, 9.17) is 0 Å². The number of anilines is 1. The second-order valence-corrected chi connectivity index (χ2v) is 8.64. The lowest BCUT2D eigenvalue weighted by atomic mass is 9.93. The summed E-state index contributed by atoms with van der Waals surface area (Å²) in [7, 11) is 0. The Morgan fingerprint density at radius 1 is 0.816 bits per heavy atom. The van der Waals surface area contributed by atoms with Crippen LogP contribution in [-0.2, 0) is 0 Å². The van der Waals surface area contributed by atoms with Gasteiger partial charge in [0.05, 0.1) is 21.6 Å². The molecule has 0 saturated heterocycles. The van der Waals surface area contributed by atoms with Crippen LogP contribution in [0.3, 0.4) is 0 Å². The van der Waals surface area contributed by atoms with Crippen molar-refractivity contribution in [3.63, 3.8) is 0 Å². The molecule has 5 rings (SSSR count). The van der Waals surface area contributed by atoms with Crippen LogP contribution >= 0.6 is 0 Å². The van der Waals surface area contributed by atoms with Crippen LogP contribution in [0.4, 0.5) is 11.5 Å². The number of hydrogen-bond donors (Lipinski definition) is 1. The van der Waals surface area contributed by atoms with Crippen LogP contribution in [0.5, 0.6) is 0 Å². The van der Waals surface area contributed by atoms with E-state index >= 15 is 0 Å². The number of nitro groups is 1. The maximum absolute atomic E-state index is 13.2. The number of hydrogen-bond acceptors (Lipinski definition) is 7. The molecule has 0 aliphatic carbocycles. The highest BCUT2D eigenvalue weighted by molar-refractivity contribution is 6.21. The summed E-state index contributed by atoms with van der Waals surface area (Å²) in [6.07, 6.45) is 1.80. The maximum atomic E-state index is 13.2. The first-order chi connectivity index (χ1) is 18.5. The van der Waals surface area contributed by atoms with E-state index in [2.05, 4.69) is 10.3 Å². The van der Waals surface area contributed by atoms with Crippen LogP contribution in [0.1, 0.15) is 43.1 Å². The van der Waals surface area contributed by atoms with Crippen molar-refractivity contribution in [3.8, 4) is 11.1 Å². The Kier molecular flexibility index (Phi) is 6.73. The first-order valence-corrected chi connectivity index (χ1v) is 12.0. The van der Waals surface area contributed by atoms with E-state index in [1.807, 2.05) is 6.07 Å². The average molecular weight is 507 g/mol. The number of aromatic nitrogens is 1. The number of carbonyl (C=O) groups excluding carboxylic acids is 3. The lowest BCUT2D eigenvalue weighted by Gasteiger charge is -2.15. The molecule has 1 N–H and O–H groups in total. The van der Waals surface area contributed by atoms with Crippen LogP contribution in [0.25, 0.3) is 11.1 Å². The van der Waals surface area contributed by atoms with Crippen LogP contribution < -0.4 is 5.32 Å². The Morgan fingerprint density at radius 3 is 2.08 bits per heavy atom. The van der Waals surface area contributed by atoms with E-state index in [1.54, 1.807) is 72.8 Å². The van der Waals surface area contributed by atoms with Gasteiger partial charge in [0.15, 0.2) is 5.78 Å². The number of benzene rings is 3. The average Bonchev–Trinajstić information content (AvgIpc) is 3.20. The van der Waals surface area contributed by atoms with Gasteiger partial charge in [0.2, 0.25) is 5.82 Å². The van der Waals surface area contributed by atoms with Crippen LogP contribution in [0, 0.1) is 10.1 Å². The molecule has 188 valence electrons. The van der Waals surface area contributed by atoms with Crippen molar-refractivity contribution in [1.82, 2.24) is 9.88 Å². The molecule has 9 heteroatoms. The molecule has 2 heterocycles. The normalized spacial score (nSPS) is 12.4. The van der Waals surface area contributed by atoms with Gasteiger partial charge in [-0.2, -0.15) is 0 Å². The number of rotatable bonds is 9. The molecule has 4 aromatic rings. The molecule has 0 atom stereocenters. The van der Waals surface area contributed by atoms with Gasteiger partial charge in [-0.25, -0.2) is 4.98 Å². The Labute approximate surface area is 217 Å². The standard InChI is InChI=1S/C29H22N4O5/c34-26(19-9-2-1-3-10-19)22-12-5-4-11-20(22)21-15-17-31-27(25(21)33(37)38)30-16-8-18-32-28(35)23-13-6-7-14-24(23)29(32)36/h1-7,9-15,17H,8,16,18H2,(H,30,31). The zero-order chi connectivity index (χ0) is 26.6. The summed E-state index contributed by atoms with van der Waals surface area (Å²) in [6, 6.07) is 23.6. The van der Waals surface area contributed by atoms with E-state index in [0.29, 0.717) is 34.2 Å². The van der Waals surface area contributed by atoms with Crippen molar-refractivity contribution in [2.75, 3.05) is 18.4 Å². The van der Waals surface area contributed by atoms with Crippen molar-refractivity contribution in [2.24, 2.45) is 0 Å². The minimum atomic E-state index is -0.529. The zero-order valence-corrected chi connectivity index (χ0v) is 20.2. The Morgan fingerprint density at radius 2 is 1.42 bits per heavy atom. The predicted molar refractivity (Wildman–Crippen MR) is 141 cm³/mol. The molecular weight excluding hydrogens is 484 g/mol. The number of fused-ring (bicyclic) bond motifs is 1. The molecule has 3 aromatic carbocycles. The summed E-state index contributed by atoms with van der Waals surface area (Å²) < 4.78 is 0. The van der Waals surface area contributed by atoms with Crippen molar-refractivity contribution >= 4 is 29.1 Å². The quantitative estimate of drug-likeness (QED) is 0.112. The molecule has 1 aliphatic rings. The summed E-state index contributed by atoms with van der Waals surface area (Å²) in [4.78, 5) is 55.3. The molecule has 0 radical (unpaired) electrons. The number of nitrogens with zero attached hydrogens (tertiary/aromatic N) is 3. The van der Waals surface area contributed by atoms with Gasteiger partial charge < -0.3 is 5.32 Å². The Hall–Kier alpha value is -5.18. The monoisotopic (exact) mass is 506 g/mol. The number of pyridine rings is 1. The van der Waals surface area contributed by atoms with Gasteiger partial charge in [-0.05, 0) is 30.2 Å². The third-order valence-electron chi connectivity index (χ3n) is 6.33. The number of nitrogens with one attached hydrogen (secondary N) is 1. The Balaban J connectivity index is 1.36. The summed E-state index contributed by atoms with van der Waals surface area (Å²) in [5.74, 6) is -0.910. The van der Waals surface area contributed by atoms with Gasteiger partial charge in [0.25, 0.3) is 11.8 Å². The lowest BCUT2D eigenvalue weighted by molar-refractivity contribution is -0.383. The van der Waals surface area contributed by atoms with Crippen molar-refractivity contribution in [1.29, 1.82) is 0 Å². The highest BCUT2D eigenvalue weighted by Gasteiger charge is 2.34. The van der Waals surface area contributed by atoms with Gasteiger partial charge in [0.1, 0.15) is 0 Å². The second kappa shape index (κ2) is 10.4. The van der Waals surface area contributed by atoms with E-state index in [9.17, 15) is 24.5 Å². The van der Waals surface area contributed by atoms with E-state index in [0.717, 1.165) is 0 Å². The topological polar surface area (TPSA) is 123 Å². The largest absolute Gasteiger partial charge is 0.364 e. The predicted octanol–water partition coefficient (Wildman–Crippen LogP) is 4.99. The molecule has 38 heavy (non-hydrogen) atoms. The molecule has 9 nitrogen and oxygen atoms in total. The first kappa shape index (κ1) is 24.5. The second-order valence-electron chi connectivity index (χ2n) is 8.64. The van der Waals surface area contributed by atoms with Gasteiger partial charge >= 0.3 is 5.69 Å². The van der Waals surface area contributed by atoms with Gasteiger partial charge in [0, 0.05) is 30.4 Å². The number of ketones is 1. The molecule has 2 amide bonds. The SMILES string of the molecule is O=C(c1ccccc1)c1ccccc1-c1ccnc(NCCCN2C(=O)c3ccccc3C2=O)c1[N+](=O)[O-]. The summed E-state index contributed by atoms with van der Waals surface area (Å²) in [6.45, 7) is 0.385. The maximum Gasteiger partial charge on any atom is 0.319 e. The minimum absolute atomic E-state index is 0.0387. The minimum Gasteiger partial charge on any atom is -0.364 e. The van der Waals surface area contributed by atoms with Gasteiger partial charge in [-0.15, -0.1) is 0 Å². The molecule has 1 aliphatic heterocycles. The smallest absolute Gasteiger partial charge is 0.319 e. The van der Waals surface area contributed by atoms with E-state index in [-0.39, 0.29) is 47.8 Å². The van der Waals surface area contributed by atoms with Gasteiger partial charge in [-0.3, -0.25) is 29.4 Å². The molecular formula is C29H22N4O5. The van der Waals surface area contributed by atoms with Gasteiger partial charge in [-0.1, -0.05) is 66.7 Å². The highest BCUT2D eigenvalue weighted by Crippen LogP contribution is 2.37. The molecule has 0 bridgehead atoms. The van der Waals surface area contributed by atoms with E-state index in [1.165, 1.54) is 17.2 Å². The molecule has 0 spiro atoms. The molecule has 1 aromatic heterocycles. The van der Waals surface area contributed by atoms with Crippen LogP contribution in [-0.4, -0.2) is 45.5 Å². The summed E-state index contributed by atoms with van der Waals surface area (Å²) >= 11 is 0. The Bertz CT molecular complexity index is 1530. The third kappa shape index (κ3) is 4.53. The van der Waals surface area contributed by atoms with Crippen LogP contribution in [0.2, 0.25) is 0 Å². The van der Waals surface area contributed by atoms with E-state index < -0.39 is 4.92 Å². The third-order valence-corrected chi connectivity index (χ3v) is 6.33. The molecule has 0 fully saturated rings. The van der Waals surface area contributed by atoms with Crippen LogP contribution in [0.15, 0.2) is 91.1 Å². The fourth-order valence-electron chi connectivity index (χ4n) is 4.53.